The predicted molar refractivity (Wildman–Crippen MR) is 469 cm³/mol. The van der Waals surface area contributed by atoms with Crippen molar-refractivity contribution >= 4 is 0 Å². The second-order valence-corrected chi connectivity index (χ2v) is 37.0. The number of ether oxygens (including phenoxy) is 18. The maximum atomic E-state index is 5.67. The minimum atomic E-state index is -0.347. The van der Waals surface area contributed by atoms with E-state index >= 15 is 0 Å². The van der Waals surface area contributed by atoms with Crippen LogP contribution < -0.4 is 0 Å². The first-order chi connectivity index (χ1) is 51.2. The Morgan fingerprint density at radius 3 is 0.653 bits per heavy atom. The van der Waals surface area contributed by atoms with Crippen LogP contribution in [0.5, 0.6) is 0 Å². The predicted octanol–water partition coefficient (Wildman–Crippen LogP) is 24.6. The van der Waals surface area contributed by atoms with Gasteiger partial charge >= 0.3 is 0 Å². The van der Waals surface area contributed by atoms with Crippen LogP contribution in [0.1, 0.15) is 354 Å². The zero-order valence-corrected chi connectivity index (χ0v) is 99.6. The first kappa shape index (κ1) is 149. The van der Waals surface area contributed by atoms with E-state index in [1.807, 2.05) is 138 Å². The summed E-state index contributed by atoms with van der Waals surface area (Å²) in [6.45, 7) is 101. The first-order valence-electron chi connectivity index (χ1n) is 42.4. The third-order valence-corrected chi connectivity index (χ3v) is 17.2. The average Bonchev–Trinajstić information content (AvgIpc) is 1.58. The van der Waals surface area contributed by atoms with Gasteiger partial charge in [-0.2, -0.15) is 25.7 Å². The van der Waals surface area contributed by atoms with Gasteiger partial charge in [0.1, 0.15) is 0 Å². The first-order valence-corrected chi connectivity index (χ1v) is 42.4. The topological polar surface area (TPSA) is 166 Å². The van der Waals surface area contributed by atoms with Gasteiger partial charge in [0.2, 0.25) is 0 Å². The van der Waals surface area contributed by atoms with E-state index in [0.717, 1.165) is 131 Å². The van der Waals surface area contributed by atoms with Crippen LogP contribution in [0.3, 0.4) is 0 Å². The molecule has 24 heteroatoms. The van der Waals surface area contributed by atoms with Crippen LogP contribution in [0.4, 0.5) is 0 Å². The van der Waals surface area contributed by atoms with Crippen molar-refractivity contribution in [1.29, 1.82) is 0 Å². The van der Waals surface area contributed by atoms with Crippen LogP contribution >= 0.6 is 0 Å². The summed E-state index contributed by atoms with van der Waals surface area (Å²) in [5, 5.41) is 0. The van der Waals surface area contributed by atoms with Gasteiger partial charge in [-0.15, -0.1) is 5.60 Å². The Morgan fingerprint density at radius 1 is 0.246 bits per heavy atom. The molecule has 8 rings (SSSR count). The van der Waals surface area contributed by atoms with E-state index in [-0.39, 0.29) is 275 Å². The number of hydrogen-bond donors (Lipinski definition) is 0. The Morgan fingerprint density at radius 2 is 0.475 bits per heavy atom. The fourth-order valence-corrected chi connectivity index (χ4v) is 9.51. The van der Waals surface area contributed by atoms with E-state index in [4.69, 9.17) is 80.5 Å². The Hall–Kier alpha value is 5.90. The second kappa shape index (κ2) is 83.5. The molecule has 0 N–H and O–H groups in total. The molecule has 8 aliphatic rings. The van der Waals surface area contributed by atoms with Gasteiger partial charge in [-0.05, 0) is 249 Å². The molecule has 0 atom stereocenters. The third-order valence-electron chi connectivity index (χ3n) is 17.2. The standard InChI is InChI=1S/C9H18O.C8H16O2.C8H16O.C7H14O2.4C7H14O.C6H12O2.3C6H12O.C5H10O2.C5H10O.6Y/c1-9(2)7-5-3-4-6-8-10-9;1-8(2)9-6-4-3-5-7-10-8;1-8(2)6-4-3-5-7-9-8;1-7(2)8-5-3-4-6-9-7;1-7(2)5-3-4-6-8-7;1-5-6-7(2,3)8-4;1-5-6-8-7(2,3)4;1-5-7(3,4)8-6-2;1-6(2)7-4-3-5-8-6;1-6(2)4-3-5-7-6;1-5-6(2,3)7-4;1-5-7-6(2,3)4;1-5(2)6-3-4-7-5;1-5(2,3)6-4;;;;;;/h3-8H2,1-2H3;3-7H2,1-2H3;3-7H2,1-2H3;3-6H2,1-2H3;3-6H2,1-2H3;1,4-6H2,2-3H3;2*1-2,5-6H2,3-4H3;3-5H2,1-2H3;3-5H2,1-2H3;1,4-5H2,2-3H3;1-2,5H2,3-4H3;3-4H2,1-2H3;1,4H2,2-3H3;;;;;;/q;;;;;3*-2;;;2*-2;;-2;;;;;;. The molecule has 0 spiro atoms. The summed E-state index contributed by atoms with van der Waals surface area (Å²) in [7, 11) is 9.83. The van der Waals surface area contributed by atoms with Crippen molar-refractivity contribution in [2.24, 2.45) is 0 Å². The summed E-state index contributed by atoms with van der Waals surface area (Å²) in [5.41, 5.74) is -0.432. The van der Waals surface area contributed by atoms with Gasteiger partial charge in [-0.3, -0.25) is 0 Å². The molecule has 8 fully saturated rings. The molecule has 6 radical (unpaired) electrons. The Kier molecular flexibility index (Phi) is 106. The molecule has 0 saturated carbocycles. The van der Waals surface area contributed by atoms with Crippen LogP contribution in [0.15, 0.2) is 0 Å². The molecule has 118 heavy (non-hydrogen) atoms. The van der Waals surface area contributed by atoms with E-state index in [0.29, 0.717) is 19.8 Å². The molecule has 0 unspecified atom stereocenters. The minimum absolute atomic E-state index is 0. The maximum absolute atomic E-state index is 5.67. The van der Waals surface area contributed by atoms with Crippen molar-refractivity contribution in [2.45, 2.75) is 434 Å². The molecule has 0 aromatic carbocycles. The molecule has 0 amide bonds. The normalized spacial score (nSPS) is 20.3. The third kappa shape index (κ3) is 120. The van der Waals surface area contributed by atoms with E-state index in [9.17, 15) is 0 Å². The van der Waals surface area contributed by atoms with Crippen LogP contribution in [-0.2, 0) is 282 Å². The molecule has 0 aromatic rings. The smallest absolute Gasteiger partial charge is 0.162 e. The molecule has 8 heterocycles. The van der Waals surface area contributed by atoms with Crippen LogP contribution in [0.2, 0.25) is 0 Å². The fraction of sp³-hybridized carbons (Fsp3) is 0.872. The van der Waals surface area contributed by atoms with E-state index < -0.39 is 0 Å². The molecule has 8 aliphatic heterocycles. The fourth-order valence-electron chi connectivity index (χ4n) is 9.51. The summed E-state index contributed by atoms with van der Waals surface area (Å²) in [4.78, 5) is 0. The Labute approximate surface area is 886 Å². The summed E-state index contributed by atoms with van der Waals surface area (Å²) >= 11 is 0. The van der Waals surface area contributed by atoms with E-state index in [1.165, 1.54) is 109 Å². The molecular weight excluding hydrogens is 1950 g/mol. The van der Waals surface area contributed by atoms with Gasteiger partial charge in [0, 0.05) is 259 Å². The molecule has 8 saturated heterocycles. The van der Waals surface area contributed by atoms with E-state index in [1.54, 1.807) is 0 Å². The molecule has 0 bridgehead atoms. The zero-order valence-electron chi connectivity index (χ0n) is 82.6. The van der Waals surface area contributed by atoms with Gasteiger partial charge in [-0.25, -0.2) is 21.3 Å². The Bertz CT molecular complexity index is 1860. The van der Waals surface area contributed by atoms with Gasteiger partial charge in [-0.1, -0.05) is 104 Å². The van der Waals surface area contributed by atoms with Crippen LogP contribution in [-0.4, -0.2) is 178 Å². The van der Waals surface area contributed by atoms with Crippen molar-refractivity contribution in [1.82, 2.24) is 0 Å². The SMILES string of the molecule is CC1(C)CCCCCCO1.CC1(C)CCCCCO1.CC1(C)CCCCO1.CC1(C)CCCO1.CC1(C)OCCCCCO1.CC1(C)OCCCCO1.CC1(C)OCCCO1.CC1(C)OCCO1.[CH2-]CC(C)(C)O[CH2-].[CH2-]CCC(C)(C)O[CH2-].[CH2-]CCOC([CH2-])(C)C.[CH2-]COC(C)(C)C[CH2-].[CH2-]COC([CH2-])(C)C.[CH2-]OC([CH2-])(C)C.[Y].[Y].[Y].[Y].[Y].[Y]. The van der Waals surface area contributed by atoms with Crippen molar-refractivity contribution in [3.05, 3.63) is 83.6 Å². The second-order valence-electron chi connectivity index (χ2n) is 37.0. The summed E-state index contributed by atoms with van der Waals surface area (Å²) in [5.74, 6) is -1.31. The van der Waals surface area contributed by atoms with Crippen molar-refractivity contribution < 1.29 is 282 Å². The van der Waals surface area contributed by atoms with Crippen molar-refractivity contribution in [3.8, 4) is 0 Å². The van der Waals surface area contributed by atoms with Gasteiger partial charge in [0.15, 0.2) is 23.1 Å². The van der Waals surface area contributed by atoms with Crippen LogP contribution in [0.25, 0.3) is 0 Å². The average molecular weight is 2140 g/mol. The van der Waals surface area contributed by atoms with E-state index in [2.05, 4.69) is 144 Å². The van der Waals surface area contributed by atoms with Crippen molar-refractivity contribution in [3.63, 3.8) is 0 Å². The van der Waals surface area contributed by atoms with Gasteiger partial charge < -0.3 is 148 Å². The molecular formula is C94H188O18Y6-12. The monoisotopic (exact) mass is 2140 g/mol. The molecule has 18 nitrogen and oxygen atoms in total. The number of rotatable bonds is 14. The molecule has 702 valence electrons. The van der Waals surface area contributed by atoms with Crippen molar-refractivity contribution in [2.75, 3.05) is 99.1 Å². The molecule has 0 aromatic heterocycles. The largest absolute Gasteiger partial charge is 0.575 e. The summed E-state index contributed by atoms with van der Waals surface area (Å²) in [6.07, 6.45) is 29.2. The van der Waals surface area contributed by atoms with Gasteiger partial charge in [0.05, 0.1) is 62.0 Å². The minimum Gasteiger partial charge on any atom is -0.575 e. The Balaban J connectivity index is -0.000000102. The molecule has 0 aliphatic carbocycles. The van der Waals surface area contributed by atoms with Gasteiger partial charge in [0.25, 0.3) is 0 Å². The zero-order chi connectivity index (χ0) is 88.0. The summed E-state index contributed by atoms with van der Waals surface area (Å²) in [6, 6.07) is 0. The maximum Gasteiger partial charge on any atom is 0.162 e. The quantitative estimate of drug-likeness (QED) is 0.151. The summed E-state index contributed by atoms with van der Waals surface area (Å²) < 4.78 is 94.1. The number of hydrogen-bond acceptors (Lipinski definition) is 18. The van der Waals surface area contributed by atoms with Crippen LogP contribution in [0, 0.1) is 83.6 Å².